The summed E-state index contributed by atoms with van der Waals surface area (Å²) in [6.07, 6.45) is -1.15. The van der Waals surface area contributed by atoms with Gasteiger partial charge in [0.1, 0.15) is 5.82 Å². The highest BCUT2D eigenvalue weighted by atomic mass is 19.1. The number of anilines is 1. The number of rotatable bonds is 3. The van der Waals surface area contributed by atoms with Crippen LogP contribution in [0.3, 0.4) is 0 Å². The SMILES string of the molecule is CC1COC(CO)CN1c1cccc(F)c1[C@H](C)O. The maximum absolute atomic E-state index is 13.9. The monoisotopic (exact) mass is 269 g/mol. The van der Waals surface area contributed by atoms with Gasteiger partial charge < -0.3 is 19.8 Å². The summed E-state index contributed by atoms with van der Waals surface area (Å²) in [5, 5.41) is 19.0. The van der Waals surface area contributed by atoms with Crippen LogP contribution in [0.2, 0.25) is 0 Å². The zero-order chi connectivity index (χ0) is 14.0. The zero-order valence-electron chi connectivity index (χ0n) is 11.2. The van der Waals surface area contributed by atoms with E-state index in [0.29, 0.717) is 24.4 Å². The standard InChI is InChI=1S/C14H20FNO3/c1-9-8-19-11(7-17)6-16(9)13-5-3-4-12(15)14(13)10(2)18/h3-5,9-11,17-18H,6-8H2,1-2H3/t9?,10-,11?/m0/s1. The zero-order valence-corrected chi connectivity index (χ0v) is 11.2. The van der Waals surface area contributed by atoms with Gasteiger partial charge in [-0.1, -0.05) is 6.07 Å². The van der Waals surface area contributed by atoms with Crippen LogP contribution >= 0.6 is 0 Å². The van der Waals surface area contributed by atoms with E-state index in [4.69, 9.17) is 4.74 Å². The number of morpholine rings is 1. The smallest absolute Gasteiger partial charge is 0.131 e. The van der Waals surface area contributed by atoms with Crippen molar-refractivity contribution in [3.8, 4) is 0 Å². The molecule has 0 aliphatic carbocycles. The number of nitrogens with zero attached hydrogens (tertiary/aromatic N) is 1. The number of halogens is 1. The van der Waals surface area contributed by atoms with Crippen LogP contribution in [0.15, 0.2) is 18.2 Å². The minimum absolute atomic E-state index is 0.0669. The summed E-state index contributed by atoms with van der Waals surface area (Å²) in [7, 11) is 0. The Kier molecular flexibility index (Phi) is 4.39. The predicted molar refractivity (Wildman–Crippen MR) is 70.7 cm³/mol. The minimum atomic E-state index is -0.876. The molecular weight excluding hydrogens is 249 g/mol. The van der Waals surface area contributed by atoms with Crippen LogP contribution in [-0.4, -0.2) is 42.1 Å². The quantitative estimate of drug-likeness (QED) is 0.872. The molecule has 1 saturated heterocycles. The van der Waals surface area contributed by atoms with Crippen LogP contribution in [0.25, 0.3) is 0 Å². The Balaban J connectivity index is 2.37. The van der Waals surface area contributed by atoms with Gasteiger partial charge in [0.25, 0.3) is 0 Å². The lowest BCUT2D eigenvalue weighted by Crippen LogP contribution is -2.50. The fourth-order valence-corrected chi connectivity index (χ4v) is 2.45. The molecule has 0 aromatic heterocycles. The molecule has 3 atom stereocenters. The minimum Gasteiger partial charge on any atom is -0.394 e. The van der Waals surface area contributed by atoms with Gasteiger partial charge in [-0.2, -0.15) is 0 Å². The van der Waals surface area contributed by atoms with Crippen molar-refractivity contribution < 1.29 is 19.3 Å². The molecule has 2 rings (SSSR count). The molecule has 19 heavy (non-hydrogen) atoms. The molecule has 106 valence electrons. The second-order valence-electron chi connectivity index (χ2n) is 4.99. The van der Waals surface area contributed by atoms with E-state index in [1.54, 1.807) is 19.1 Å². The molecule has 1 aromatic carbocycles. The molecule has 1 aliphatic heterocycles. The van der Waals surface area contributed by atoms with Crippen molar-refractivity contribution in [3.05, 3.63) is 29.6 Å². The van der Waals surface area contributed by atoms with Gasteiger partial charge in [0.15, 0.2) is 0 Å². The second kappa shape index (κ2) is 5.86. The maximum Gasteiger partial charge on any atom is 0.131 e. The van der Waals surface area contributed by atoms with Crippen molar-refractivity contribution in [1.82, 2.24) is 0 Å². The molecule has 2 N–H and O–H groups in total. The molecule has 1 aliphatic rings. The van der Waals surface area contributed by atoms with Crippen LogP contribution < -0.4 is 4.90 Å². The summed E-state index contributed by atoms with van der Waals surface area (Å²) < 4.78 is 19.4. The average Bonchev–Trinajstić information content (AvgIpc) is 2.38. The van der Waals surface area contributed by atoms with Crippen LogP contribution in [-0.2, 0) is 4.74 Å². The summed E-state index contributed by atoms with van der Waals surface area (Å²) in [6.45, 7) is 4.42. The number of hydrogen-bond acceptors (Lipinski definition) is 4. The van der Waals surface area contributed by atoms with Gasteiger partial charge in [0.05, 0.1) is 25.4 Å². The van der Waals surface area contributed by atoms with E-state index in [1.807, 2.05) is 11.8 Å². The van der Waals surface area contributed by atoms with E-state index in [-0.39, 0.29) is 18.8 Å². The number of aliphatic hydroxyl groups is 2. The highest BCUT2D eigenvalue weighted by Gasteiger charge is 2.28. The van der Waals surface area contributed by atoms with Crippen LogP contribution in [0.1, 0.15) is 25.5 Å². The van der Waals surface area contributed by atoms with E-state index in [0.717, 1.165) is 0 Å². The molecular formula is C14H20FNO3. The van der Waals surface area contributed by atoms with Crippen molar-refractivity contribution >= 4 is 5.69 Å². The van der Waals surface area contributed by atoms with Gasteiger partial charge in [0.2, 0.25) is 0 Å². The first-order valence-corrected chi connectivity index (χ1v) is 6.50. The number of aliphatic hydroxyl groups excluding tert-OH is 2. The second-order valence-corrected chi connectivity index (χ2v) is 4.99. The fourth-order valence-electron chi connectivity index (χ4n) is 2.45. The molecule has 0 radical (unpaired) electrons. The van der Waals surface area contributed by atoms with E-state index < -0.39 is 11.9 Å². The first-order chi connectivity index (χ1) is 9.04. The number of benzene rings is 1. The van der Waals surface area contributed by atoms with Gasteiger partial charge in [-0.25, -0.2) is 4.39 Å². The molecule has 0 spiro atoms. The summed E-state index contributed by atoms with van der Waals surface area (Å²) in [5.41, 5.74) is 0.970. The van der Waals surface area contributed by atoms with E-state index >= 15 is 0 Å². The largest absolute Gasteiger partial charge is 0.394 e. The Morgan fingerprint density at radius 3 is 2.89 bits per heavy atom. The van der Waals surface area contributed by atoms with E-state index in [9.17, 15) is 14.6 Å². The van der Waals surface area contributed by atoms with Gasteiger partial charge in [-0.15, -0.1) is 0 Å². The molecule has 2 unspecified atom stereocenters. The average molecular weight is 269 g/mol. The van der Waals surface area contributed by atoms with Gasteiger partial charge in [0, 0.05) is 23.8 Å². The Hall–Kier alpha value is -1.17. The normalized spacial score (nSPS) is 25.4. The third-order valence-electron chi connectivity index (χ3n) is 3.47. The van der Waals surface area contributed by atoms with Gasteiger partial charge >= 0.3 is 0 Å². The molecule has 0 amide bonds. The molecule has 1 heterocycles. The topological polar surface area (TPSA) is 52.9 Å². The third kappa shape index (κ3) is 2.88. The molecule has 4 nitrogen and oxygen atoms in total. The highest BCUT2D eigenvalue weighted by molar-refractivity contribution is 5.56. The van der Waals surface area contributed by atoms with E-state index in [1.165, 1.54) is 6.07 Å². The maximum atomic E-state index is 13.9. The van der Waals surface area contributed by atoms with Gasteiger partial charge in [-0.05, 0) is 26.0 Å². The van der Waals surface area contributed by atoms with Crippen LogP contribution in [0.4, 0.5) is 10.1 Å². The Labute approximate surface area is 112 Å². The lowest BCUT2D eigenvalue weighted by Gasteiger charge is -2.40. The first kappa shape index (κ1) is 14.2. The highest BCUT2D eigenvalue weighted by Crippen LogP contribution is 2.31. The van der Waals surface area contributed by atoms with Crippen LogP contribution in [0, 0.1) is 5.82 Å². The summed E-state index contributed by atoms with van der Waals surface area (Å²) in [5.74, 6) is -0.410. The number of hydrogen-bond donors (Lipinski definition) is 2. The lowest BCUT2D eigenvalue weighted by molar-refractivity contribution is -0.0105. The van der Waals surface area contributed by atoms with Crippen molar-refractivity contribution in [2.45, 2.75) is 32.1 Å². The molecule has 0 saturated carbocycles. The molecule has 1 fully saturated rings. The summed E-state index contributed by atoms with van der Waals surface area (Å²) in [4.78, 5) is 1.98. The van der Waals surface area contributed by atoms with Crippen molar-refractivity contribution in [2.24, 2.45) is 0 Å². The summed E-state index contributed by atoms with van der Waals surface area (Å²) >= 11 is 0. The molecule has 0 bridgehead atoms. The predicted octanol–water partition coefficient (Wildman–Crippen LogP) is 1.46. The Morgan fingerprint density at radius 2 is 2.26 bits per heavy atom. The first-order valence-electron chi connectivity index (χ1n) is 6.50. The Morgan fingerprint density at radius 1 is 1.53 bits per heavy atom. The Bertz CT molecular complexity index is 439. The fraction of sp³-hybridized carbons (Fsp3) is 0.571. The third-order valence-corrected chi connectivity index (χ3v) is 3.47. The van der Waals surface area contributed by atoms with Crippen molar-refractivity contribution in [3.63, 3.8) is 0 Å². The summed E-state index contributed by atoms with van der Waals surface area (Å²) in [6, 6.07) is 4.84. The molecule has 1 aromatic rings. The van der Waals surface area contributed by atoms with Crippen molar-refractivity contribution in [2.75, 3.05) is 24.7 Å². The van der Waals surface area contributed by atoms with E-state index in [2.05, 4.69) is 0 Å². The van der Waals surface area contributed by atoms with Crippen molar-refractivity contribution in [1.29, 1.82) is 0 Å². The van der Waals surface area contributed by atoms with Crippen LogP contribution in [0.5, 0.6) is 0 Å². The van der Waals surface area contributed by atoms with Gasteiger partial charge in [-0.3, -0.25) is 0 Å². The lowest BCUT2D eigenvalue weighted by atomic mass is 10.0. The number of ether oxygens (including phenoxy) is 1. The molecule has 5 heteroatoms.